The Bertz CT molecular complexity index is 883. The Morgan fingerprint density at radius 2 is 2.12 bits per heavy atom. The first kappa shape index (κ1) is 16.8. The van der Waals surface area contributed by atoms with E-state index in [-0.39, 0.29) is 17.4 Å². The number of para-hydroxylation sites is 2. The van der Waals surface area contributed by atoms with Crippen LogP contribution in [0.4, 0.5) is 5.69 Å². The topological polar surface area (TPSA) is 102 Å². The fourth-order valence-electron chi connectivity index (χ4n) is 2.14. The molecular formula is C16H15N5O3S. The van der Waals surface area contributed by atoms with Crippen LogP contribution in [-0.4, -0.2) is 44.1 Å². The molecule has 0 fully saturated rings. The van der Waals surface area contributed by atoms with Gasteiger partial charge in [0.1, 0.15) is 17.2 Å². The van der Waals surface area contributed by atoms with Crippen molar-refractivity contribution < 1.29 is 14.6 Å². The first-order chi connectivity index (χ1) is 12.2. The van der Waals surface area contributed by atoms with Crippen molar-refractivity contribution in [3.05, 3.63) is 48.5 Å². The van der Waals surface area contributed by atoms with Gasteiger partial charge in [0, 0.05) is 11.8 Å². The molecule has 128 valence electrons. The number of benzene rings is 2. The molecule has 0 spiro atoms. The molecule has 2 aromatic carbocycles. The highest BCUT2D eigenvalue weighted by Crippen LogP contribution is 2.25. The first-order valence-corrected chi connectivity index (χ1v) is 8.29. The highest BCUT2D eigenvalue weighted by molar-refractivity contribution is 7.99. The fourth-order valence-corrected chi connectivity index (χ4v) is 2.82. The van der Waals surface area contributed by atoms with Crippen LogP contribution in [0.25, 0.3) is 5.69 Å². The standard InChI is InChI=1S/C16H15N5O3S/c1-24-14-8-3-2-7-13(14)21-16(18-19-20-21)25-10-15(23)17-11-5-4-6-12(22)9-11/h2-9,22H,10H2,1H3,(H,17,23). The van der Waals surface area contributed by atoms with Crippen molar-refractivity contribution in [3.8, 4) is 17.2 Å². The van der Waals surface area contributed by atoms with Crippen LogP contribution in [0, 0.1) is 0 Å². The number of rotatable bonds is 6. The van der Waals surface area contributed by atoms with Gasteiger partial charge >= 0.3 is 0 Å². The number of aromatic nitrogens is 4. The lowest BCUT2D eigenvalue weighted by Gasteiger charge is -2.09. The molecule has 1 amide bonds. The number of carbonyl (C=O) groups excluding carboxylic acids is 1. The molecule has 0 aliphatic heterocycles. The van der Waals surface area contributed by atoms with Crippen LogP contribution in [0.3, 0.4) is 0 Å². The van der Waals surface area contributed by atoms with Crippen molar-refractivity contribution in [2.75, 3.05) is 18.2 Å². The number of hydrogen-bond donors (Lipinski definition) is 2. The molecule has 0 aliphatic rings. The maximum atomic E-state index is 12.1. The van der Waals surface area contributed by atoms with Gasteiger partial charge in [0.15, 0.2) is 0 Å². The van der Waals surface area contributed by atoms with E-state index >= 15 is 0 Å². The maximum absolute atomic E-state index is 12.1. The Labute approximate surface area is 147 Å². The number of carbonyl (C=O) groups is 1. The summed E-state index contributed by atoms with van der Waals surface area (Å²) >= 11 is 1.20. The Hall–Kier alpha value is -3.07. The normalized spacial score (nSPS) is 10.4. The van der Waals surface area contributed by atoms with E-state index in [0.29, 0.717) is 22.3 Å². The number of phenols is 1. The minimum atomic E-state index is -0.231. The summed E-state index contributed by atoms with van der Waals surface area (Å²) in [5, 5.41) is 24.2. The minimum Gasteiger partial charge on any atom is -0.508 e. The molecule has 3 rings (SSSR count). The molecule has 0 saturated carbocycles. The van der Waals surface area contributed by atoms with Gasteiger partial charge in [0.05, 0.1) is 12.9 Å². The number of nitrogens with one attached hydrogen (secondary N) is 1. The Morgan fingerprint density at radius 1 is 1.28 bits per heavy atom. The summed E-state index contributed by atoms with van der Waals surface area (Å²) in [7, 11) is 1.57. The van der Waals surface area contributed by atoms with Crippen molar-refractivity contribution >= 4 is 23.4 Å². The van der Waals surface area contributed by atoms with Crippen LogP contribution in [-0.2, 0) is 4.79 Å². The predicted octanol–water partition coefficient (Wildman–Crippen LogP) is 2.11. The molecule has 2 N–H and O–H groups in total. The second-order valence-corrected chi connectivity index (χ2v) is 5.87. The zero-order valence-corrected chi connectivity index (χ0v) is 14.1. The van der Waals surface area contributed by atoms with E-state index in [1.807, 2.05) is 18.2 Å². The summed E-state index contributed by atoms with van der Waals surface area (Å²) < 4.78 is 6.83. The number of hydrogen-bond acceptors (Lipinski definition) is 7. The molecule has 0 bridgehead atoms. The van der Waals surface area contributed by atoms with E-state index in [4.69, 9.17) is 4.74 Å². The molecule has 0 saturated heterocycles. The molecule has 3 aromatic rings. The van der Waals surface area contributed by atoms with Gasteiger partial charge < -0.3 is 15.2 Å². The molecule has 0 aliphatic carbocycles. The molecule has 0 atom stereocenters. The lowest BCUT2D eigenvalue weighted by atomic mass is 10.3. The zero-order valence-electron chi connectivity index (χ0n) is 13.3. The second-order valence-electron chi connectivity index (χ2n) is 4.93. The Morgan fingerprint density at radius 3 is 2.92 bits per heavy atom. The van der Waals surface area contributed by atoms with Crippen LogP contribution in [0.5, 0.6) is 11.5 Å². The lowest BCUT2D eigenvalue weighted by molar-refractivity contribution is -0.113. The van der Waals surface area contributed by atoms with Crippen LogP contribution in [0.2, 0.25) is 0 Å². The molecule has 8 nitrogen and oxygen atoms in total. The van der Waals surface area contributed by atoms with E-state index in [9.17, 15) is 9.90 Å². The van der Waals surface area contributed by atoms with Gasteiger partial charge in [-0.1, -0.05) is 30.0 Å². The number of nitrogens with zero attached hydrogens (tertiary/aromatic N) is 4. The van der Waals surface area contributed by atoms with E-state index in [0.717, 1.165) is 0 Å². The van der Waals surface area contributed by atoms with Gasteiger partial charge in [0.2, 0.25) is 11.1 Å². The largest absolute Gasteiger partial charge is 0.508 e. The highest BCUT2D eigenvalue weighted by atomic mass is 32.2. The van der Waals surface area contributed by atoms with Crippen molar-refractivity contribution in [2.24, 2.45) is 0 Å². The Balaban J connectivity index is 1.68. The molecule has 0 radical (unpaired) electrons. The van der Waals surface area contributed by atoms with E-state index in [1.54, 1.807) is 25.3 Å². The number of thioether (sulfide) groups is 1. The summed E-state index contributed by atoms with van der Waals surface area (Å²) in [5.74, 6) is 0.599. The molecule has 1 aromatic heterocycles. The number of ether oxygens (including phenoxy) is 1. The number of amides is 1. The zero-order chi connectivity index (χ0) is 17.6. The predicted molar refractivity (Wildman–Crippen MR) is 93.2 cm³/mol. The summed E-state index contributed by atoms with van der Waals surface area (Å²) in [4.78, 5) is 12.1. The van der Waals surface area contributed by atoms with Crippen molar-refractivity contribution in [1.29, 1.82) is 0 Å². The monoisotopic (exact) mass is 357 g/mol. The van der Waals surface area contributed by atoms with Crippen molar-refractivity contribution in [2.45, 2.75) is 5.16 Å². The lowest BCUT2D eigenvalue weighted by Crippen LogP contribution is -2.14. The highest BCUT2D eigenvalue weighted by Gasteiger charge is 2.14. The molecule has 1 heterocycles. The third-order valence-electron chi connectivity index (χ3n) is 3.22. The SMILES string of the molecule is COc1ccccc1-n1nnnc1SCC(=O)Nc1cccc(O)c1. The van der Waals surface area contributed by atoms with Gasteiger partial charge in [-0.3, -0.25) is 4.79 Å². The minimum absolute atomic E-state index is 0.0885. The van der Waals surface area contributed by atoms with Gasteiger partial charge in [-0.15, -0.1) is 5.10 Å². The van der Waals surface area contributed by atoms with E-state index < -0.39 is 0 Å². The van der Waals surface area contributed by atoms with Gasteiger partial charge in [0.25, 0.3) is 0 Å². The number of phenolic OH excluding ortho intramolecular Hbond substituents is 1. The van der Waals surface area contributed by atoms with Gasteiger partial charge in [-0.2, -0.15) is 4.68 Å². The Kier molecular flexibility index (Phi) is 5.14. The number of tetrazole rings is 1. The van der Waals surface area contributed by atoms with E-state index in [2.05, 4.69) is 20.8 Å². The van der Waals surface area contributed by atoms with Crippen LogP contribution >= 0.6 is 11.8 Å². The quantitative estimate of drug-likeness (QED) is 0.651. The number of aromatic hydroxyl groups is 1. The molecule has 9 heteroatoms. The molecule has 0 unspecified atom stereocenters. The fraction of sp³-hybridized carbons (Fsp3) is 0.125. The van der Waals surface area contributed by atoms with Crippen LogP contribution in [0.15, 0.2) is 53.7 Å². The number of methoxy groups -OCH3 is 1. The summed E-state index contributed by atoms with van der Waals surface area (Å²) in [6.07, 6.45) is 0. The average molecular weight is 357 g/mol. The summed E-state index contributed by atoms with van der Waals surface area (Å²) in [5.41, 5.74) is 1.21. The van der Waals surface area contributed by atoms with Crippen LogP contribution < -0.4 is 10.1 Å². The van der Waals surface area contributed by atoms with Crippen molar-refractivity contribution in [1.82, 2.24) is 20.2 Å². The van der Waals surface area contributed by atoms with Crippen LogP contribution in [0.1, 0.15) is 0 Å². The third kappa shape index (κ3) is 4.07. The molecule has 25 heavy (non-hydrogen) atoms. The van der Waals surface area contributed by atoms with Gasteiger partial charge in [-0.25, -0.2) is 0 Å². The van der Waals surface area contributed by atoms with Gasteiger partial charge in [-0.05, 0) is 34.7 Å². The summed E-state index contributed by atoms with van der Waals surface area (Å²) in [6.45, 7) is 0. The van der Waals surface area contributed by atoms with E-state index in [1.165, 1.54) is 28.6 Å². The second kappa shape index (κ2) is 7.67. The first-order valence-electron chi connectivity index (χ1n) is 7.31. The third-order valence-corrected chi connectivity index (χ3v) is 4.14. The number of anilines is 1. The maximum Gasteiger partial charge on any atom is 0.234 e. The summed E-state index contributed by atoms with van der Waals surface area (Å²) in [6, 6.07) is 13.7. The average Bonchev–Trinajstić information content (AvgIpc) is 3.08. The van der Waals surface area contributed by atoms with Crippen molar-refractivity contribution in [3.63, 3.8) is 0 Å². The smallest absolute Gasteiger partial charge is 0.234 e. The molecular weight excluding hydrogens is 342 g/mol.